The minimum atomic E-state index is -1.02. The summed E-state index contributed by atoms with van der Waals surface area (Å²) in [4.78, 5) is 21.9. The minimum Gasteiger partial charge on any atom is -0.390 e. The van der Waals surface area contributed by atoms with Crippen LogP contribution in [0.25, 0.3) is 21.1 Å². The predicted octanol–water partition coefficient (Wildman–Crippen LogP) is 6.41. The van der Waals surface area contributed by atoms with Gasteiger partial charge in [-0.25, -0.2) is 9.37 Å². The normalized spacial score (nSPS) is 25.0. The summed E-state index contributed by atoms with van der Waals surface area (Å²) in [7, 11) is 0. The topological polar surface area (TPSA) is 103 Å². The number of carbonyl (C=O) groups excluding carboxylic acids is 1. The molecule has 2 saturated carbocycles. The number of Topliss-reactive ketones (excluding diaryl/α,β-unsaturated/α-hetero) is 1. The Balaban J connectivity index is 1.35. The van der Waals surface area contributed by atoms with Gasteiger partial charge in [0.2, 0.25) is 0 Å². The van der Waals surface area contributed by atoms with Crippen molar-refractivity contribution in [3.63, 3.8) is 0 Å². The number of rotatable bonds is 7. The van der Waals surface area contributed by atoms with Crippen LogP contribution in [0.1, 0.15) is 75.6 Å². The number of piperidine rings is 1. The molecule has 3 fully saturated rings. The Morgan fingerprint density at radius 1 is 1.12 bits per heavy atom. The van der Waals surface area contributed by atoms with Gasteiger partial charge in [0.05, 0.1) is 33.4 Å². The van der Waals surface area contributed by atoms with Gasteiger partial charge in [0.15, 0.2) is 0 Å². The van der Waals surface area contributed by atoms with Crippen molar-refractivity contribution in [2.75, 3.05) is 18.0 Å². The molecule has 3 aromatic rings. The summed E-state index contributed by atoms with van der Waals surface area (Å²) in [5.41, 5.74) is 3.25. The third-order valence-corrected chi connectivity index (χ3v) is 10.3. The van der Waals surface area contributed by atoms with Crippen LogP contribution in [-0.4, -0.2) is 50.9 Å². The molecule has 0 bridgehead atoms. The molecule has 2 aliphatic carbocycles. The van der Waals surface area contributed by atoms with E-state index in [1.54, 1.807) is 0 Å². The summed E-state index contributed by atoms with van der Waals surface area (Å²) in [6.45, 7) is 5.39. The monoisotopic (exact) mass is 573 g/mol. The first-order valence-electron chi connectivity index (χ1n) is 14.6. The van der Waals surface area contributed by atoms with E-state index in [1.807, 2.05) is 26.0 Å². The lowest BCUT2D eigenvalue weighted by atomic mass is 9.72. The van der Waals surface area contributed by atoms with Crippen molar-refractivity contribution in [2.45, 2.75) is 82.9 Å². The largest absolute Gasteiger partial charge is 0.390 e. The molecule has 9 heteroatoms. The Labute approximate surface area is 244 Å². The van der Waals surface area contributed by atoms with Crippen LogP contribution in [-0.2, 0) is 4.79 Å². The first-order valence-corrected chi connectivity index (χ1v) is 15.4. The molecule has 3 atom stereocenters. The Bertz CT molecular complexity index is 1450. The van der Waals surface area contributed by atoms with Gasteiger partial charge in [0.25, 0.3) is 0 Å². The second-order valence-corrected chi connectivity index (χ2v) is 13.5. The molecule has 3 heterocycles. The number of hydrogen-bond donors (Lipinski definition) is 1. The van der Waals surface area contributed by atoms with Gasteiger partial charge in [-0.3, -0.25) is 4.79 Å². The number of alkyl halides is 1. The number of aliphatic hydroxyl groups is 1. The number of anilines is 1. The molecule has 3 aliphatic rings. The highest BCUT2D eigenvalue weighted by atomic mass is 32.1. The van der Waals surface area contributed by atoms with E-state index in [4.69, 9.17) is 4.98 Å². The van der Waals surface area contributed by atoms with Crippen LogP contribution in [0, 0.1) is 29.6 Å². The smallest absolute Gasteiger partial charge is 0.144 e. The standard InChI is InChI=1S/C32H36FN5O2S/c1-20-3-10-26(37-36-20)30-35-28(24-9-6-22(33)17-25(24)27(39)18-32(19-34)11-12-32)29(41-30)21-4-7-23(8-5-21)38-15-13-31(2,40)14-16-38/h3-5,7-8,10,22,24-25,40H,6,9,11-18H2,1-2H3/t22-,24+,25+/m0/s1. The van der Waals surface area contributed by atoms with Crippen molar-refractivity contribution in [3.05, 3.63) is 47.8 Å². The summed E-state index contributed by atoms with van der Waals surface area (Å²) >= 11 is 1.53. The molecule has 0 radical (unpaired) electrons. The highest BCUT2D eigenvalue weighted by molar-refractivity contribution is 7.18. The molecule has 214 valence electrons. The molecular weight excluding hydrogens is 537 g/mol. The Hall–Kier alpha value is -3.22. The summed E-state index contributed by atoms with van der Waals surface area (Å²) in [5, 5.41) is 29.3. The Morgan fingerprint density at radius 2 is 1.85 bits per heavy atom. The van der Waals surface area contributed by atoms with E-state index in [-0.39, 0.29) is 24.5 Å². The molecule has 0 unspecified atom stereocenters. The predicted molar refractivity (Wildman–Crippen MR) is 157 cm³/mol. The fraction of sp³-hybridized carbons (Fsp3) is 0.531. The number of hydrogen-bond acceptors (Lipinski definition) is 8. The number of benzene rings is 1. The van der Waals surface area contributed by atoms with Crippen molar-refractivity contribution in [1.82, 2.24) is 15.2 Å². The number of halogens is 1. The SMILES string of the molecule is Cc1ccc(-c2nc([C@@H]3CC[C@H](F)C[C@H]3C(=O)CC3(C#N)CC3)c(-c3ccc(N4CCC(C)(O)CC4)cc3)s2)nn1. The molecule has 0 spiro atoms. The van der Waals surface area contributed by atoms with Crippen LogP contribution < -0.4 is 4.90 Å². The van der Waals surface area contributed by atoms with E-state index in [9.17, 15) is 19.6 Å². The number of aromatic nitrogens is 3. The molecule has 41 heavy (non-hydrogen) atoms. The minimum absolute atomic E-state index is 0.0108. The first-order chi connectivity index (χ1) is 19.7. The highest BCUT2D eigenvalue weighted by Crippen LogP contribution is 2.52. The molecule has 0 amide bonds. The van der Waals surface area contributed by atoms with Crippen molar-refractivity contribution < 1.29 is 14.3 Å². The third kappa shape index (κ3) is 5.91. The van der Waals surface area contributed by atoms with Crippen molar-refractivity contribution in [3.8, 4) is 27.2 Å². The van der Waals surface area contributed by atoms with Crippen LogP contribution in [0.5, 0.6) is 0 Å². The summed E-state index contributed by atoms with van der Waals surface area (Å²) < 4.78 is 14.7. The van der Waals surface area contributed by atoms with Crippen LogP contribution in [0.3, 0.4) is 0 Å². The number of aryl methyl sites for hydroxylation is 1. The van der Waals surface area contributed by atoms with Crippen LogP contribution in [0.4, 0.5) is 10.1 Å². The van der Waals surface area contributed by atoms with Gasteiger partial charge in [-0.15, -0.1) is 16.4 Å². The summed E-state index contributed by atoms with van der Waals surface area (Å²) in [6.07, 6.45) is 3.24. The maximum atomic E-state index is 14.7. The number of nitriles is 1. The zero-order chi connectivity index (χ0) is 28.8. The van der Waals surface area contributed by atoms with Gasteiger partial charge in [-0.1, -0.05) is 12.1 Å². The van der Waals surface area contributed by atoms with Gasteiger partial charge < -0.3 is 10.0 Å². The maximum absolute atomic E-state index is 14.7. The fourth-order valence-corrected chi connectivity index (χ4v) is 7.34. The van der Waals surface area contributed by atoms with Crippen LogP contribution in [0.15, 0.2) is 36.4 Å². The lowest BCUT2D eigenvalue weighted by Crippen LogP contribution is -2.42. The van der Waals surface area contributed by atoms with Crippen LogP contribution >= 0.6 is 11.3 Å². The quantitative estimate of drug-likeness (QED) is 0.348. The van der Waals surface area contributed by atoms with E-state index >= 15 is 0 Å². The molecule has 7 nitrogen and oxygen atoms in total. The summed E-state index contributed by atoms with van der Waals surface area (Å²) in [5.74, 6) is -0.724. The van der Waals surface area contributed by atoms with Gasteiger partial charge in [-0.2, -0.15) is 10.4 Å². The van der Waals surface area contributed by atoms with Gasteiger partial charge in [0, 0.05) is 37.0 Å². The number of ketones is 1. The number of carbonyl (C=O) groups is 1. The maximum Gasteiger partial charge on any atom is 0.144 e. The van der Waals surface area contributed by atoms with Crippen molar-refractivity contribution in [2.24, 2.45) is 11.3 Å². The summed E-state index contributed by atoms with van der Waals surface area (Å²) in [6, 6.07) is 14.5. The van der Waals surface area contributed by atoms with E-state index in [0.29, 0.717) is 18.5 Å². The van der Waals surface area contributed by atoms with Gasteiger partial charge in [0.1, 0.15) is 22.7 Å². The van der Waals surface area contributed by atoms with Crippen LogP contribution in [0.2, 0.25) is 0 Å². The average Bonchev–Trinajstić information content (AvgIpc) is 3.60. The second kappa shape index (κ2) is 10.9. The van der Waals surface area contributed by atoms with E-state index in [0.717, 1.165) is 71.3 Å². The highest BCUT2D eigenvalue weighted by Gasteiger charge is 2.48. The zero-order valence-corrected chi connectivity index (χ0v) is 24.5. The average molecular weight is 574 g/mol. The van der Waals surface area contributed by atoms with Crippen molar-refractivity contribution in [1.29, 1.82) is 5.26 Å². The van der Waals surface area contributed by atoms with E-state index < -0.39 is 23.1 Å². The molecule has 1 saturated heterocycles. The molecular formula is C32H36FN5O2S. The lowest BCUT2D eigenvalue weighted by Gasteiger charge is -2.37. The third-order valence-electron chi connectivity index (χ3n) is 9.16. The molecule has 2 aromatic heterocycles. The first kappa shape index (κ1) is 27.9. The van der Waals surface area contributed by atoms with Gasteiger partial charge in [-0.05, 0) is 88.6 Å². The van der Waals surface area contributed by atoms with Crippen molar-refractivity contribution >= 4 is 22.8 Å². The second-order valence-electron chi connectivity index (χ2n) is 12.5. The molecule has 1 aliphatic heterocycles. The molecule has 1 N–H and O–H groups in total. The molecule has 6 rings (SSSR count). The Morgan fingerprint density at radius 3 is 2.49 bits per heavy atom. The fourth-order valence-electron chi connectivity index (χ4n) is 6.23. The van der Waals surface area contributed by atoms with Gasteiger partial charge >= 0.3 is 0 Å². The van der Waals surface area contributed by atoms with E-state index in [2.05, 4.69) is 45.4 Å². The number of nitrogens with zero attached hydrogens (tertiary/aromatic N) is 5. The lowest BCUT2D eigenvalue weighted by molar-refractivity contribution is -0.126. The zero-order valence-electron chi connectivity index (χ0n) is 23.6. The number of thiazole rings is 1. The Kier molecular flexibility index (Phi) is 7.41. The van der Waals surface area contributed by atoms with E-state index in [1.165, 1.54) is 11.3 Å². The molecule has 1 aromatic carbocycles.